The summed E-state index contributed by atoms with van der Waals surface area (Å²) >= 11 is 7.36. The minimum absolute atomic E-state index is 0.0283. The highest BCUT2D eigenvalue weighted by Crippen LogP contribution is 2.15. The van der Waals surface area contributed by atoms with Gasteiger partial charge in [0.2, 0.25) is 0 Å². The second kappa shape index (κ2) is 13.1. The molecule has 0 radical (unpaired) electrons. The fourth-order valence-corrected chi connectivity index (χ4v) is 1.65. The predicted octanol–water partition coefficient (Wildman–Crippen LogP) is 2.27. The number of esters is 2. The Hall–Kier alpha value is -0.360. The average molecular weight is 294 g/mol. The highest BCUT2D eigenvalue weighted by atomic mass is 32.1. The van der Waals surface area contributed by atoms with Crippen LogP contribution in [0.5, 0.6) is 0 Å². The number of rotatable bonds is 5. The molecule has 0 amide bonds. The van der Waals surface area contributed by atoms with Gasteiger partial charge < -0.3 is 9.47 Å². The lowest BCUT2D eigenvalue weighted by atomic mass is 10.0. The summed E-state index contributed by atoms with van der Waals surface area (Å²) < 4.78 is 9.14. The molecule has 0 aromatic heterocycles. The van der Waals surface area contributed by atoms with E-state index < -0.39 is 11.9 Å². The van der Waals surface area contributed by atoms with E-state index in [1.54, 1.807) is 0 Å². The van der Waals surface area contributed by atoms with Crippen molar-refractivity contribution in [2.24, 2.45) is 0 Å². The van der Waals surface area contributed by atoms with E-state index in [1.165, 1.54) is 38.5 Å². The second-order valence-corrected chi connectivity index (χ2v) is 4.51. The fourth-order valence-electron chi connectivity index (χ4n) is 1.46. The smallest absolute Gasteiger partial charge is 0.315 e. The highest BCUT2D eigenvalue weighted by Gasteiger charge is 2.00. The van der Waals surface area contributed by atoms with Crippen LogP contribution >= 0.6 is 25.3 Å². The van der Waals surface area contributed by atoms with E-state index in [1.807, 2.05) is 0 Å². The molecule has 1 aliphatic carbocycles. The van der Waals surface area contributed by atoms with Crippen molar-refractivity contribution in [2.75, 3.05) is 24.7 Å². The van der Waals surface area contributed by atoms with E-state index in [0.717, 1.165) is 0 Å². The summed E-state index contributed by atoms with van der Waals surface area (Å²) in [5.41, 5.74) is 0. The molecule has 0 aliphatic heterocycles. The predicted molar refractivity (Wildman–Crippen MR) is 77.3 cm³/mol. The second-order valence-electron chi connectivity index (χ2n) is 3.88. The lowest BCUT2D eigenvalue weighted by Gasteiger charge is -2.05. The third-order valence-corrected chi connectivity index (χ3v) is 2.88. The first-order chi connectivity index (χ1) is 8.70. The van der Waals surface area contributed by atoms with E-state index >= 15 is 0 Å². The molecular formula is C12H22O4S2. The van der Waals surface area contributed by atoms with Gasteiger partial charge in [-0.05, 0) is 0 Å². The van der Waals surface area contributed by atoms with Crippen molar-refractivity contribution >= 4 is 37.2 Å². The van der Waals surface area contributed by atoms with Crippen LogP contribution in [0.4, 0.5) is 0 Å². The van der Waals surface area contributed by atoms with E-state index in [9.17, 15) is 9.59 Å². The van der Waals surface area contributed by atoms with Crippen LogP contribution in [0.3, 0.4) is 0 Å². The van der Waals surface area contributed by atoms with Gasteiger partial charge in [-0.3, -0.25) is 9.59 Å². The van der Waals surface area contributed by atoms with Crippen molar-refractivity contribution in [1.82, 2.24) is 0 Å². The quantitative estimate of drug-likeness (QED) is 0.464. The molecule has 4 nitrogen and oxygen atoms in total. The molecular weight excluding hydrogens is 272 g/mol. The van der Waals surface area contributed by atoms with Gasteiger partial charge in [0.15, 0.2) is 0 Å². The number of ether oxygens (including phenoxy) is 2. The number of hydrogen-bond acceptors (Lipinski definition) is 6. The maximum Gasteiger partial charge on any atom is 0.315 e. The molecule has 0 unspecified atom stereocenters. The molecule has 1 aliphatic rings. The molecule has 106 valence electrons. The molecule has 0 aromatic carbocycles. The Morgan fingerprint density at radius 2 is 1.00 bits per heavy atom. The SMILES string of the molecule is C1CCCCC1.O=C(CS)OCCOC(=O)CS. The molecule has 0 atom stereocenters. The van der Waals surface area contributed by atoms with Crippen LogP contribution in [0.1, 0.15) is 38.5 Å². The Labute approximate surface area is 120 Å². The largest absolute Gasteiger partial charge is 0.461 e. The van der Waals surface area contributed by atoms with Crippen LogP contribution in [0.2, 0.25) is 0 Å². The standard InChI is InChI=1S/C6H10O4S2.C6H12/c7-5(3-11)9-1-2-10-6(8)4-12;1-2-4-6-5-3-1/h11-12H,1-4H2;1-6H2. The number of carbonyl (C=O) groups is 2. The topological polar surface area (TPSA) is 52.6 Å². The van der Waals surface area contributed by atoms with Gasteiger partial charge >= 0.3 is 11.9 Å². The molecule has 18 heavy (non-hydrogen) atoms. The van der Waals surface area contributed by atoms with Crippen LogP contribution in [-0.4, -0.2) is 36.7 Å². The zero-order chi connectivity index (χ0) is 13.6. The average Bonchev–Trinajstić information content (AvgIpc) is 2.45. The summed E-state index contributed by atoms with van der Waals surface area (Å²) in [5.74, 6) is -0.804. The fraction of sp³-hybridized carbons (Fsp3) is 0.833. The maximum absolute atomic E-state index is 10.5. The molecule has 0 bridgehead atoms. The zero-order valence-corrected chi connectivity index (χ0v) is 12.4. The van der Waals surface area contributed by atoms with Crippen LogP contribution < -0.4 is 0 Å². The maximum atomic E-state index is 10.5. The Kier molecular flexibility index (Phi) is 12.8. The van der Waals surface area contributed by atoms with Gasteiger partial charge in [-0.25, -0.2) is 0 Å². The lowest BCUT2D eigenvalue weighted by Crippen LogP contribution is -2.14. The van der Waals surface area contributed by atoms with Crippen molar-refractivity contribution in [3.8, 4) is 0 Å². The summed E-state index contributed by atoms with van der Waals surface area (Å²) in [6.45, 7) is 0.137. The minimum atomic E-state index is -0.430. The van der Waals surface area contributed by atoms with Crippen molar-refractivity contribution in [1.29, 1.82) is 0 Å². The molecule has 0 aromatic rings. The van der Waals surface area contributed by atoms with Gasteiger partial charge in [-0.1, -0.05) is 38.5 Å². The van der Waals surface area contributed by atoms with E-state index in [4.69, 9.17) is 0 Å². The van der Waals surface area contributed by atoms with Crippen molar-refractivity contribution in [3.63, 3.8) is 0 Å². The molecule has 1 fully saturated rings. The summed E-state index contributed by atoms with van der Waals surface area (Å²) in [4.78, 5) is 20.9. The van der Waals surface area contributed by atoms with Gasteiger partial charge in [0.25, 0.3) is 0 Å². The Bertz CT molecular complexity index is 201. The van der Waals surface area contributed by atoms with E-state index in [0.29, 0.717) is 0 Å². The van der Waals surface area contributed by atoms with Crippen LogP contribution in [0.15, 0.2) is 0 Å². The molecule has 0 heterocycles. The summed E-state index contributed by atoms with van der Waals surface area (Å²) in [7, 11) is 0. The molecule has 1 saturated carbocycles. The third-order valence-electron chi connectivity index (χ3n) is 2.37. The van der Waals surface area contributed by atoms with Gasteiger partial charge in [0, 0.05) is 0 Å². The molecule has 6 heteroatoms. The minimum Gasteiger partial charge on any atom is -0.461 e. The zero-order valence-electron chi connectivity index (χ0n) is 10.6. The molecule has 0 N–H and O–H groups in total. The lowest BCUT2D eigenvalue weighted by molar-refractivity contribution is -0.148. The molecule has 1 rings (SSSR count). The summed E-state index contributed by atoms with van der Waals surface area (Å²) in [6.07, 6.45) is 9.00. The number of carbonyl (C=O) groups excluding carboxylic acids is 2. The van der Waals surface area contributed by atoms with Gasteiger partial charge in [-0.2, -0.15) is 25.3 Å². The normalized spacial score (nSPS) is 14.1. The van der Waals surface area contributed by atoms with Crippen LogP contribution in [-0.2, 0) is 19.1 Å². The van der Waals surface area contributed by atoms with Gasteiger partial charge in [0.1, 0.15) is 13.2 Å². The van der Waals surface area contributed by atoms with Gasteiger partial charge in [-0.15, -0.1) is 0 Å². The number of hydrogen-bond donors (Lipinski definition) is 2. The molecule has 0 spiro atoms. The van der Waals surface area contributed by atoms with Gasteiger partial charge in [0.05, 0.1) is 11.5 Å². The molecule has 0 saturated heterocycles. The third kappa shape index (κ3) is 12.1. The first kappa shape index (κ1) is 17.6. The number of thiol groups is 2. The van der Waals surface area contributed by atoms with E-state index in [-0.39, 0.29) is 24.7 Å². The van der Waals surface area contributed by atoms with E-state index in [2.05, 4.69) is 34.7 Å². The Morgan fingerprint density at radius 1 is 0.722 bits per heavy atom. The first-order valence-corrected chi connectivity index (χ1v) is 7.50. The van der Waals surface area contributed by atoms with Crippen molar-refractivity contribution in [3.05, 3.63) is 0 Å². The first-order valence-electron chi connectivity index (χ1n) is 6.23. The summed E-state index contributed by atoms with van der Waals surface area (Å²) in [5, 5.41) is 0. The summed E-state index contributed by atoms with van der Waals surface area (Å²) in [6, 6.07) is 0. The van der Waals surface area contributed by atoms with Crippen LogP contribution in [0.25, 0.3) is 0 Å². The van der Waals surface area contributed by atoms with Crippen molar-refractivity contribution in [2.45, 2.75) is 38.5 Å². The highest BCUT2D eigenvalue weighted by molar-refractivity contribution is 7.81. The van der Waals surface area contributed by atoms with Crippen molar-refractivity contribution < 1.29 is 19.1 Å². The van der Waals surface area contributed by atoms with Crippen LogP contribution in [0, 0.1) is 0 Å². The Balaban J connectivity index is 0.000000397. The monoisotopic (exact) mass is 294 g/mol. The Morgan fingerprint density at radius 3 is 1.22 bits per heavy atom.